The molecule has 0 heterocycles. The van der Waals surface area contributed by atoms with E-state index in [9.17, 15) is 8.53 Å². The number of benzene rings is 1. The molecule has 0 unspecified atom stereocenters. The predicted molar refractivity (Wildman–Crippen MR) is 55.8 cm³/mol. The van der Waals surface area contributed by atoms with Gasteiger partial charge in [0.05, 0.1) is 0 Å². The number of hydrogen-bond acceptors (Lipinski definition) is 2. The Hall–Kier alpha value is -1.29. The molecule has 0 spiro atoms. The fourth-order valence-corrected chi connectivity index (χ4v) is 2.06. The molecule has 1 rings (SSSR count). The van der Waals surface area contributed by atoms with Crippen molar-refractivity contribution >= 4 is 30.1 Å². The van der Waals surface area contributed by atoms with Gasteiger partial charge < -0.3 is 0 Å². The molecule has 0 bridgehead atoms. The zero-order valence-electron chi connectivity index (χ0n) is 7.75. The Kier molecular flexibility index (Phi) is 3.52. The summed E-state index contributed by atoms with van der Waals surface area (Å²) in [5, 5.41) is 2.47. The first-order valence-corrected chi connectivity index (χ1v) is 7.41. The summed E-state index contributed by atoms with van der Waals surface area (Å²) in [7, 11) is 0. The van der Waals surface area contributed by atoms with E-state index in [4.69, 9.17) is 8.19 Å². The van der Waals surface area contributed by atoms with Crippen molar-refractivity contribution in [1.29, 1.82) is 0 Å². The van der Waals surface area contributed by atoms with Crippen molar-refractivity contribution in [3.05, 3.63) is 36.9 Å². The van der Waals surface area contributed by atoms with Crippen LogP contribution in [0.15, 0.2) is 36.9 Å². The summed E-state index contributed by atoms with van der Waals surface area (Å²) in [6.45, 7) is 3.28. The van der Waals surface area contributed by atoms with Gasteiger partial charge in [-0.25, -0.2) is 0 Å². The van der Waals surface area contributed by atoms with Gasteiger partial charge in [0.1, 0.15) is 0 Å². The van der Waals surface area contributed by atoms with Gasteiger partial charge in [0.2, 0.25) is 0 Å². The zero-order chi connectivity index (χ0) is 11.5. The molecule has 80 valence electrons. The number of anilines is 1. The van der Waals surface area contributed by atoms with E-state index in [1.807, 2.05) is 0 Å². The van der Waals surface area contributed by atoms with Crippen LogP contribution in [0.4, 0.5) is 5.69 Å². The molecule has 0 radical (unpaired) electrons. The van der Waals surface area contributed by atoms with Crippen molar-refractivity contribution in [2.24, 2.45) is 0 Å². The monoisotopic (exact) mass is 271 g/mol. The van der Waals surface area contributed by atoms with Gasteiger partial charge in [0, 0.05) is 0 Å². The molecule has 0 aliphatic carbocycles. The first kappa shape index (κ1) is 11.8. The average molecular weight is 271 g/mol. The normalized spacial score (nSPS) is 10.8. The van der Waals surface area contributed by atoms with Gasteiger partial charge in [0.25, 0.3) is 0 Å². The molecule has 0 saturated heterocycles. The number of carbonyl (C=O) groups is 1. The van der Waals surface area contributed by atoms with E-state index in [1.54, 1.807) is 0 Å². The van der Waals surface area contributed by atoms with Crippen molar-refractivity contribution in [2.45, 2.75) is 0 Å². The van der Waals surface area contributed by atoms with Crippen molar-refractivity contribution in [1.82, 2.24) is 0 Å². The van der Waals surface area contributed by atoms with Crippen LogP contribution in [0.5, 0.6) is 0 Å². The Balaban J connectivity index is 2.86. The molecule has 1 amide bonds. The molecule has 3 N–H and O–H groups in total. The summed E-state index contributed by atoms with van der Waals surface area (Å²) < 4.78 is 28.6. The van der Waals surface area contributed by atoms with E-state index in [1.165, 1.54) is 24.3 Å². The van der Waals surface area contributed by atoms with Crippen LogP contribution in [-0.4, -0.2) is 28.3 Å². The minimum absolute atomic E-state index is 0.0234. The quantitative estimate of drug-likeness (QED) is 0.504. The van der Waals surface area contributed by atoms with Crippen LogP contribution in [0, 0.1) is 0 Å². The van der Waals surface area contributed by atoms with Gasteiger partial charge in [-0.15, -0.1) is 0 Å². The molecule has 0 saturated carbocycles. The molecule has 15 heavy (non-hydrogen) atoms. The second-order valence-electron chi connectivity index (χ2n) is 2.78. The number of rotatable bonds is 3. The summed E-state index contributed by atoms with van der Waals surface area (Å²) in [5.74, 6) is -0.371. The summed E-state index contributed by atoms with van der Waals surface area (Å²) in [4.78, 5) is 10.9. The Labute approximate surface area is 89.4 Å². The van der Waals surface area contributed by atoms with Gasteiger partial charge in [-0.05, 0) is 0 Å². The SMILES string of the molecule is C=CC(=O)Nc1ccc([As](=O)(O)O)cc1. The molecule has 0 aromatic heterocycles. The standard InChI is InChI=1S/C9H10AsNO4/c1-2-9(12)11-8-5-3-7(4-6-8)10(13,14)15/h2-6H,1H2,(H,11,12)(H2,13,14,15). The zero-order valence-corrected chi connectivity index (χ0v) is 9.63. The summed E-state index contributed by atoms with van der Waals surface area (Å²) in [5.41, 5.74) is 0.465. The Morgan fingerprint density at radius 3 is 2.27 bits per heavy atom. The maximum atomic E-state index is 10.9. The predicted octanol–water partition coefficient (Wildman–Crippen LogP) is -0.628. The van der Waals surface area contributed by atoms with E-state index in [-0.39, 0.29) is 10.3 Å². The fourth-order valence-electron chi connectivity index (χ4n) is 0.932. The van der Waals surface area contributed by atoms with Gasteiger partial charge in [0.15, 0.2) is 0 Å². The van der Waals surface area contributed by atoms with E-state index < -0.39 is 14.2 Å². The average Bonchev–Trinajstić information content (AvgIpc) is 2.17. The molecule has 6 heteroatoms. The van der Waals surface area contributed by atoms with Crippen LogP contribution in [0.25, 0.3) is 0 Å². The molecule has 1 aromatic carbocycles. The molecule has 0 aliphatic heterocycles. The number of nitrogens with one attached hydrogen (secondary N) is 1. The van der Waals surface area contributed by atoms with Gasteiger partial charge >= 0.3 is 89.1 Å². The van der Waals surface area contributed by atoms with Crippen LogP contribution in [0.2, 0.25) is 0 Å². The molecular formula is C9H10AsNO4. The molecule has 0 atom stereocenters. The van der Waals surface area contributed by atoms with Crippen molar-refractivity contribution < 1.29 is 16.7 Å². The number of carbonyl (C=O) groups excluding carboxylic acids is 1. The molecule has 1 aromatic rings. The van der Waals surface area contributed by atoms with Gasteiger partial charge in [-0.1, -0.05) is 0 Å². The number of amides is 1. The van der Waals surface area contributed by atoms with Gasteiger partial charge in [-0.2, -0.15) is 0 Å². The van der Waals surface area contributed by atoms with E-state index in [0.717, 1.165) is 6.08 Å². The van der Waals surface area contributed by atoms with E-state index >= 15 is 0 Å². The summed E-state index contributed by atoms with van der Waals surface area (Å²) in [6, 6.07) is 5.44. The van der Waals surface area contributed by atoms with Crippen LogP contribution in [0.3, 0.4) is 0 Å². The Bertz CT molecular complexity index is 420. The topological polar surface area (TPSA) is 86.6 Å². The van der Waals surface area contributed by atoms with Crippen molar-refractivity contribution in [3.63, 3.8) is 0 Å². The molecule has 0 aliphatic rings. The second-order valence-corrected chi connectivity index (χ2v) is 6.15. The maximum absolute atomic E-state index is 10.9. The summed E-state index contributed by atoms with van der Waals surface area (Å²) >= 11 is -4.81. The first-order valence-electron chi connectivity index (χ1n) is 4.03. The van der Waals surface area contributed by atoms with Gasteiger partial charge in [-0.3, -0.25) is 0 Å². The van der Waals surface area contributed by atoms with E-state index in [2.05, 4.69) is 11.9 Å². The van der Waals surface area contributed by atoms with Crippen LogP contribution in [-0.2, 0) is 8.53 Å². The molecule has 5 nitrogen and oxygen atoms in total. The van der Waals surface area contributed by atoms with Crippen molar-refractivity contribution in [3.8, 4) is 0 Å². The summed E-state index contributed by atoms with van der Waals surface area (Å²) in [6.07, 6.45) is 1.11. The number of hydrogen-bond donors (Lipinski definition) is 3. The third kappa shape index (κ3) is 3.40. The van der Waals surface area contributed by atoms with Crippen LogP contribution in [0.1, 0.15) is 0 Å². The Morgan fingerprint density at radius 2 is 1.87 bits per heavy atom. The third-order valence-electron chi connectivity index (χ3n) is 1.66. The Morgan fingerprint density at radius 1 is 1.33 bits per heavy atom. The fraction of sp³-hybridized carbons (Fsp3) is 0. The minimum atomic E-state index is -4.81. The first-order chi connectivity index (χ1) is 6.93. The second kappa shape index (κ2) is 4.49. The molecular weight excluding hydrogens is 261 g/mol. The van der Waals surface area contributed by atoms with Crippen molar-refractivity contribution in [2.75, 3.05) is 5.32 Å². The van der Waals surface area contributed by atoms with Crippen LogP contribution >= 0.6 is 0 Å². The third-order valence-corrected chi connectivity index (χ3v) is 3.69. The van der Waals surface area contributed by atoms with Crippen LogP contribution < -0.4 is 9.67 Å². The molecule has 0 fully saturated rings. The van der Waals surface area contributed by atoms with E-state index in [0.29, 0.717) is 5.69 Å².